The van der Waals surface area contributed by atoms with E-state index in [-0.39, 0.29) is 5.91 Å². The van der Waals surface area contributed by atoms with Crippen LogP contribution in [0.5, 0.6) is 0 Å². The molecule has 1 amide bonds. The highest BCUT2D eigenvalue weighted by Gasteiger charge is 2.40. The first-order valence-electron chi connectivity index (χ1n) is 9.67. The molecule has 1 N–H and O–H groups in total. The number of piperidine rings is 3. The number of amides is 1. The molecule has 5 heteroatoms. The molecule has 0 aromatic heterocycles. The molecule has 0 radical (unpaired) electrons. The second kappa shape index (κ2) is 8.11. The number of benzene rings is 1. The molecule has 0 spiro atoms. The summed E-state index contributed by atoms with van der Waals surface area (Å²) < 4.78 is 0. The van der Waals surface area contributed by atoms with Gasteiger partial charge in [-0.3, -0.25) is 9.69 Å². The Kier molecular flexibility index (Phi) is 5.63. The molecule has 25 heavy (non-hydrogen) atoms. The van der Waals surface area contributed by atoms with Crippen LogP contribution in [-0.4, -0.2) is 72.5 Å². The van der Waals surface area contributed by atoms with Crippen LogP contribution in [0.3, 0.4) is 0 Å². The second-order valence-corrected chi connectivity index (χ2v) is 8.91. The van der Waals surface area contributed by atoms with Gasteiger partial charge < -0.3 is 10.2 Å². The Labute approximate surface area is 155 Å². The van der Waals surface area contributed by atoms with E-state index in [0.717, 1.165) is 23.9 Å². The van der Waals surface area contributed by atoms with Gasteiger partial charge >= 0.3 is 0 Å². The van der Waals surface area contributed by atoms with Gasteiger partial charge in [0.05, 0.1) is 0 Å². The van der Waals surface area contributed by atoms with Crippen molar-refractivity contribution in [3.05, 3.63) is 35.9 Å². The van der Waals surface area contributed by atoms with Crippen LogP contribution in [0.1, 0.15) is 23.2 Å². The average Bonchev–Trinajstić information content (AvgIpc) is 2.68. The van der Waals surface area contributed by atoms with Crippen LogP contribution in [0.2, 0.25) is 0 Å². The van der Waals surface area contributed by atoms with Gasteiger partial charge in [0, 0.05) is 55.8 Å². The Balaban J connectivity index is 1.27. The highest BCUT2D eigenvalue weighted by atomic mass is 32.2. The summed E-state index contributed by atoms with van der Waals surface area (Å²) in [4.78, 5) is 17.6. The van der Waals surface area contributed by atoms with Crippen LogP contribution in [0.25, 0.3) is 0 Å². The second-order valence-electron chi connectivity index (χ2n) is 7.68. The fourth-order valence-electron chi connectivity index (χ4n) is 4.69. The number of carbonyl (C=O) groups is 1. The first-order chi connectivity index (χ1) is 12.3. The summed E-state index contributed by atoms with van der Waals surface area (Å²) in [5.41, 5.74) is 0.763. The molecule has 0 saturated carbocycles. The Bertz CT molecular complexity index is 576. The molecule has 5 rings (SSSR count). The molecule has 4 saturated heterocycles. The molecular weight excluding hydrogens is 330 g/mol. The van der Waals surface area contributed by atoms with E-state index in [9.17, 15) is 4.79 Å². The predicted octanol–water partition coefficient (Wildman–Crippen LogP) is 2.18. The quantitative estimate of drug-likeness (QED) is 0.874. The lowest BCUT2D eigenvalue weighted by molar-refractivity contribution is -0.0104. The van der Waals surface area contributed by atoms with Crippen molar-refractivity contribution >= 4 is 17.7 Å². The van der Waals surface area contributed by atoms with Gasteiger partial charge in [-0.2, -0.15) is 11.8 Å². The fraction of sp³-hybridized carbons (Fsp3) is 0.650. The van der Waals surface area contributed by atoms with Crippen molar-refractivity contribution in [2.45, 2.75) is 18.9 Å². The Morgan fingerprint density at radius 1 is 1.16 bits per heavy atom. The molecule has 4 aliphatic rings. The van der Waals surface area contributed by atoms with E-state index >= 15 is 0 Å². The molecule has 136 valence electrons. The van der Waals surface area contributed by atoms with Crippen LogP contribution >= 0.6 is 11.8 Å². The number of nitrogens with one attached hydrogen (secondary N) is 1. The van der Waals surface area contributed by atoms with Crippen LogP contribution in [0.15, 0.2) is 30.3 Å². The van der Waals surface area contributed by atoms with Gasteiger partial charge in [-0.05, 0) is 43.4 Å². The van der Waals surface area contributed by atoms with E-state index < -0.39 is 0 Å². The van der Waals surface area contributed by atoms with Gasteiger partial charge in [-0.1, -0.05) is 18.2 Å². The molecule has 1 aromatic rings. The van der Waals surface area contributed by atoms with Crippen LogP contribution in [-0.2, 0) is 0 Å². The van der Waals surface area contributed by atoms with Gasteiger partial charge in [0.2, 0.25) is 0 Å². The third-order valence-corrected chi connectivity index (χ3v) is 7.09. The summed E-state index contributed by atoms with van der Waals surface area (Å²) in [6.07, 6.45) is 2.60. The van der Waals surface area contributed by atoms with Crippen molar-refractivity contribution < 1.29 is 4.79 Å². The van der Waals surface area contributed by atoms with Gasteiger partial charge in [0.15, 0.2) is 0 Å². The molecule has 2 bridgehead atoms. The van der Waals surface area contributed by atoms with E-state index in [1.165, 1.54) is 57.1 Å². The number of carbonyl (C=O) groups excluding carboxylic acids is 1. The number of rotatable bonds is 5. The van der Waals surface area contributed by atoms with Crippen molar-refractivity contribution in [1.29, 1.82) is 0 Å². The monoisotopic (exact) mass is 359 g/mol. The van der Waals surface area contributed by atoms with Crippen molar-refractivity contribution in [1.82, 2.24) is 15.1 Å². The summed E-state index contributed by atoms with van der Waals surface area (Å²) in [7, 11) is 0. The van der Waals surface area contributed by atoms with Crippen molar-refractivity contribution in [2.75, 3.05) is 50.8 Å². The lowest BCUT2D eigenvalue weighted by Gasteiger charge is -2.51. The fourth-order valence-corrected chi connectivity index (χ4v) is 5.66. The van der Waals surface area contributed by atoms with Crippen LogP contribution in [0, 0.1) is 11.8 Å². The molecule has 4 aliphatic heterocycles. The SMILES string of the molecule is O=C(NC[C@H]1C[C@@H]2CCN1C[C@@H]2CN1CCSCC1)c1ccccc1. The first-order valence-corrected chi connectivity index (χ1v) is 10.8. The van der Waals surface area contributed by atoms with Crippen LogP contribution < -0.4 is 5.32 Å². The topological polar surface area (TPSA) is 35.6 Å². The van der Waals surface area contributed by atoms with E-state index in [0.29, 0.717) is 6.04 Å². The van der Waals surface area contributed by atoms with E-state index in [1.54, 1.807) is 0 Å². The summed E-state index contributed by atoms with van der Waals surface area (Å²) in [6.45, 7) is 7.04. The lowest BCUT2D eigenvalue weighted by Crippen LogP contribution is -2.58. The Morgan fingerprint density at radius 2 is 1.96 bits per heavy atom. The van der Waals surface area contributed by atoms with Crippen molar-refractivity contribution in [2.24, 2.45) is 11.8 Å². The minimum atomic E-state index is 0.0608. The van der Waals surface area contributed by atoms with E-state index in [4.69, 9.17) is 0 Å². The standard InChI is InChI=1S/C20H29N3OS/c24-20(16-4-2-1-3-5-16)21-13-19-12-17-6-7-23(19)15-18(17)14-22-8-10-25-11-9-22/h1-5,17-19H,6-15H2,(H,21,24)/t17-,18-,19+/m0/s1. The van der Waals surface area contributed by atoms with Crippen molar-refractivity contribution in [3.8, 4) is 0 Å². The van der Waals surface area contributed by atoms with E-state index in [2.05, 4.69) is 26.9 Å². The van der Waals surface area contributed by atoms with Crippen LogP contribution in [0.4, 0.5) is 0 Å². The number of thioether (sulfide) groups is 1. The number of hydrogen-bond acceptors (Lipinski definition) is 4. The largest absolute Gasteiger partial charge is 0.350 e. The lowest BCUT2D eigenvalue weighted by atomic mass is 9.75. The highest BCUT2D eigenvalue weighted by Crippen LogP contribution is 2.36. The molecule has 4 fully saturated rings. The summed E-state index contributed by atoms with van der Waals surface area (Å²) in [6, 6.07) is 10.1. The highest BCUT2D eigenvalue weighted by molar-refractivity contribution is 7.99. The Morgan fingerprint density at radius 3 is 2.68 bits per heavy atom. The summed E-state index contributed by atoms with van der Waals surface area (Å²) >= 11 is 2.09. The zero-order chi connectivity index (χ0) is 17.1. The molecule has 4 heterocycles. The summed E-state index contributed by atoms with van der Waals surface area (Å²) in [5.74, 6) is 4.34. The first kappa shape index (κ1) is 17.4. The molecule has 4 atom stereocenters. The van der Waals surface area contributed by atoms with Gasteiger partial charge in [0.25, 0.3) is 5.91 Å². The summed E-state index contributed by atoms with van der Waals surface area (Å²) in [5, 5.41) is 3.16. The third-order valence-electron chi connectivity index (χ3n) is 6.14. The average molecular weight is 360 g/mol. The molecular formula is C20H29N3OS. The minimum Gasteiger partial charge on any atom is -0.350 e. The third kappa shape index (κ3) is 4.21. The number of fused-ring (bicyclic) bond motifs is 3. The van der Waals surface area contributed by atoms with E-state index in [1.807, 2.05) is 30.3 Å². The maximum absolute atomic E-state index is 12.3. The predicted molar refractivity (Wildman–Crippen MR) is 104 cm³/mol. The van der Waals surface area contributed by atoms with Gasteiger partial charge in [0.1, 0.15) is 0 Å². The van der Waals surface area contributed by atoms with Crippen molar-refractivity contribution in [3.63, 3.8) is 0 Å². The smallest absolute Gasteiger partial charge is 0.251 e. The number of hydrogen-bond donors (Lipinski definition) is 1. The maximum atomic E-state index is 12.3. The Hall–Kier alpha value is -1.04. The minimum absolute atomic E-state index is 0.0608. The molecule has 1 unspecified atom stereocenters. The maximum Gasteiger partial charge on any atom is 0.251 e. The molecule has 0 aliphatic carbocycles. The zero-order valence-corrected chi connectivity index (χ0v) is 15.7. The molecule has 4 nitrogen and oxygen atoms in total. The van der Waals surface area contributed by atoms with Gasteiger partial charge in [-0.15, -0.1) is 0 Å². The number of nitrogens with zero attached hydrogens (tertiary/aromatic N) is 2. The van der Waals surface area contributed by atoms with Gasteiger partial charge in [-0.25, -0.2) is 0 Å². The molecule has 1 aromatic carbocycles. The normalized spacial score (nSPS) is 32.5. The zero-order valence-electron chi connectivity index (χ0n) is 14.9.